The van der Waals surface area contributed by atoms with Crippen LogP contribution >= 0.6 is 0 Å². The number of amides is 1. The maximum atomic E-state index is 12.3. The molecule has 0 aliphatic heterocycles. The fourth-order valence-electron chi connectivity index (χ4n) is 3.35. The van der Waals surface area contributed by atoms with Gasteiger partial charge in [-0.2, -0.15) is 10.4 Å². The summed E-state index contributed by atoms with van der Waals surface area (Å²) >= 11 is 0. The van der Waals surface area contributed by atoms with E-state index in [4.69, 9.17) is 0 Å². The highest BCUT2D eigenvalue weighted by Gasteiger charge is 2.17. The van der Waals surface area contributed by atoms with Crippen molar-refractivity contribution in [1.82, 2.24) is 15.1 Å². The van der Waals surface area contributed by atoms with Crippen LogP contribution in [0.2, 0.25) is 0 Å². The van der Waals surface area contributed by atoms with E-state index < -0.39 is 5.56 Å². The van der Waals surface area contributed by atoms with Crippen molar-refractivity contribution in [3.05, 3.63) is 61.6 Å². The van der Waals surface area contributed by atoms with E-state index in [1.807, 2.05) is 6.07 Å². The summed E-state index contributed by atoms with van der Waals surface area (Å²) in [6.45, 7) is 14.5. The second kappa shape index (κ2) is 8.60. The third kappa shape index (κ3) is 5.11. The zero-order chi connectivity index (χ0) is 21.9. The third-order valence-electron chi connectivity index (χ3n) is 5.30. The average Bonchev–Trinajstić information content (AvgIpc) is 2.61. The van der Waals surface area contributed by atoms with E-state index in [-0.39, 0.29) is 23.4 Å². The van der Waals surface area contributed by atoms with E-state index in [2.05, 4.69) is 57.2 Å². The number of nitrogens with one attached hydrogen (secondary N) is 1. The van der Waals surface area contributed by atoms with Gasteiger partial charge in [0.15, 0.2) is 0 Å². The minimum atomic E-state index is -0.532. The molecule has 1 heterocycles. The lowest BCUT2D eigenvalue weighted by Gasteiger charge is -2.22. The van der Waals surface area contributed by atoms with Gasteiger partial charge in [-0.05, 0) is 67.3 Å². The fraction of sp³-hybridized carbons (Fsp3) is 0.478. The van der Waals surface area contributed by atoms with Gasteiger partial charge in [-0.1, -0.05) is 32.9 Å². The molecular formula is C23H30N4O2. The van der Waals surface area contributed by atoms with Crippen LogP contribution in [0.5, 0.6) is 0 Å². The van der Waals surface area contributed by atoms with E-state index >= 15 is 0 Å². The number of hydrogen-bond acceptors (Lipinski definition) is 4. The molecule has 1 aromatic heterocycles. The van der Waals surface area contributed by atoms with Gasteiger partial charge in [-0.25, -0.2) is 4.68 Å². The molecule has 1 aromatic carbocycles. The number of carbonyl (C=O) groups is 1. The first-order chi connectivity index (χ1) is 13.5. The van der Waals surface area contributed by atoms with Gasteiger partial charge < -0.3 is 5.32 Å². The average molecular weight is 395 g/mol. The van der Waals surface area contributed by atoms with Gasteiger partial charge in [0.1, 0.15) is 18.2 Å². The van der Waals surface area contributed by atoms with Gasteiger partial charge in [0, 0.05) is 6.54 Å². The minimum Gasteiger partial charge on any atom is -0.354 e. The van der Waals surface area contributed by atoms with Gasteiger partial charge in [-0.15, -0.1) is 0 Å². The summed E-state index contributed by atoms with van der Waals surface area (Å²) < 4.78 is 1.06. The monoisotopic (exact) mass is 394 g/mol. The highest BCUT2D eigenvalue weighted by Crippen LogP contribution is 2.27. The largest absolute Gasteiger partial charge is 0.354 e. The fourth-order valence-corrected chi connectivity index (χ4v) is 3.35. The Hall–Kier alpha value is -2.94. The topological polar surface area (TPSA) is 87.8 Å². The molecule has 6 heteroatoms. The van der Waals surface area contributed by atoms with Gasteiger partial charge in [0.25, 0.3) is 5.56 Å². The summed E-state index contributed by atoms with van der Waals surface area (Å²) in [5.74, 6) is -0.298. The van der Waals surface area contributed by atoms with Crippen LogP contribution in [-0.2, 0) is 23.2 Å². The number of aryl methyl sites for hydroxylation is 3. The molecule has 29 heavy (non-hydrogen) atoms. The maximum Gasteiger partial charge on any atom is 0.285 e. The van der Waals surface area contributed by atoms with E-state index in [1.165, 1.54) is 22.3 Å². The normalized spacial score (nSPS) is 11.2. The van der Waals surface area contributed by atoms with Crippen molar-refractivity contribution in [2.24, 2.45) is 0 Å². The lowest BCUT2D eigenvalue weighted by molar-refractivity contribution is -0.121. The Bertz CT molecular complexity index is 1010. The molecule has 154 valence electrons. The number of hydrogen-bond donors (Lipinski definition) is 1. The molecule has 0 aliphatic rings. The summed E-state index contributed by atoms with van der Waals surface area (Å²) in [7, 11) is 0. The molecule has 2 aromatic rings. The van der Waals surface area contributed by atoms with Crippen molar-refractivity contribution in [3.63, 3.8) is 0 Å². The SMILES string of the molecule is Cc1cc(C(C)(C)C)cc(C)c1CCNC(=O)Cn1nc(C)c(C)c(C#N)c1=O. The highest BCUT2D eigenvalue weighted by atomic mass is 16.2. The summed E-state index contributed by atoms with van der Waals surface area (Å²) in [6.07, 6.45) is 0.715. The molecule has 0 atom stereocenters. The molecule has 6 nitrogen and oxygen atoms in total. The number of benzene rings is 1. The van der Waals surface area contributed by atoms with Crippen molar-refractivity contribution < 1.29 is 4.79 Å². The molecular weight excluding hydrogens is 364 g/mol. The predicted octanol–water partition coefficient (Wildman–Crippen LogP) is 3.01. The zero-order valence-electron chi connectivity index (χ0n) is 18.4. The maximum absolute atomic E-state index is 12.3. The molecule has 0 aliphatic carbocycles. The van der Waals surface area contributed by atoms with Crippen LogP contribution in [0.15, 0.2) is 16.9 Å². The van der Waals surface area contributed by atoms with Gasteiger partial charge in [0.2, 0.25) is 5.91 Å². The zero-order valence-corrected chi connectivity index (χ0v) is 18.4. The van der Waals surface area contributed by atoms with E-state index in [9.17, 15) is 14.9 Å². The van der Waals surface area contributed by atoms with Crippen molar-refractivity contribution in [1.29, 1.82) is 5.26 Å². The van der Waals surface area contributed by atoms with Crippen molar-refractivity contribution >= 4 is 5.91 Å². The molecule has 0 spiro atoms. The van der Waals surface area contributed by atoms with Gasteiger partial charge in [-0.3, -0.25) is 9.59 Å². The summed E-state index contributed by atoms with van der Waals surface area (Å²) in [6, 6.07) is 6.33. The van der Waals surface area contributed by atoms with Crippen LogP contribution < -0.4 is 10.9 Å². The predicted molar refractivity (Wildman–Crippen MR) is 114 cm³/mol. The molecule has 2 rings (SSSR count). The van der Waals surface area contributed by atoms with Gasteiger partial charge >= 0.3 is 0 Å². The lowest BCUT2D eigenvalue weighted by atomic mass is 9.83. The first kappa shape index (κ1) is 22.4. The molecule has 0 fully saturated rings. The van der Waals surface area contributed by atoms with E-state index in [1.54, 1.807) is 13.8 Å². The Morgan fingerprint density at radius 3 is 2.28 bits per heavy atom. The Balaban J connectivity index is 2.06. The Labute approximate surface area is 172 Å². The quantitative estimate of drug-likeness (QED) is 0.844. The number of nitriles is 1. The van der Waals surface area contributed by atoms with Crippen LogP contribution in [0.1, 0.15) is 59.8 Å². The van der Waals surface area contributed by atoms with Crippen molar-refractivity contribution in [3.8, 4) is 6.07 Å². The van der Waals surface area contributed by atoms with Crippen LogP contribution in [0.3, 0.4) is 0 Å². The summed E-state index contributed by atoms with van der Waals surface area (Å²) in [5.41, 5.74) is 5.69. The number of nitrogens with zero attached hydrogens (tertiary/aromatic N) is 3. The molecule has 0 bridgehead atoms. The molecule has 0 saturated carbocycles. The van der Waals surface area contributed by atoms with Crippen LogP contribution in [0, 0.1) is 39.0 Å². The third-order valence-corrected chi connectivity index (χ3v) is 5.30. The Kier molecular flexibility index (Phi) is 6.63. The van der Waals surface area contributed by atoms with E-state index in [0.29, 0.717) is 24.2 Å². The smallest absolute Gasteiger partial charge is 0.285 e. The Morgan fingerprint density at radius 2 is 1.76 bits per heavy atom. The van der Waals surface area contributed by atoms with Crippen molar-refractivity contribution in [2.75, 3.05) is 6.54 Å². The molecule has 1 N–H and O–H groups in total. The first-order valence-corrected chi connectivity index (χ1v) is 9.81. The van der Waals surface area contributed by atoms with Crippen molar-refractivity contribution in [2.45, 2.75) is 66.8 Å². The lowest BCUT2D eigenvalue weighted by Crippen LogP contribution is -2.36. The number of rotatable bonds is 5. The van der Waals surface area contributed by atoms with Gasteiger partial charge in [0.05, 0.1) is 5.69 Å². The second-order valence-electron chi connectivity index (χ2n) is 8.60. The number of aromatic nitrogens is 2. The standard InChI is InChI=1S/C23H30N4O2/c1-14-10-18(23(5,6)7)11-15(2)19(14)8-9-25-21(28)13-27-22(29)20(12-24)16(3)17(4)26-27/h10-11H,8-9,13H2,1-7H3,(H,25,28). The Morgan fingerprint density at radius 1 is 1.17 bits per heavy atom. The minimum absolute atomic E-state index is 0.0375. The first-order valence-electron chi connectivity index (χ1n) is 9.81. The van der Waals surface area contributed by atoms with Crippen LogP contribution in [-0.4, -0.2) is 22.2 Å². The second-order valence-corrected chi connectivity index (χ2v) is 8.60. The molecule has 0 unspecified atom stereocenters. The van der Waals surface area contributed by atoms with E-state index in [0.717, 1.165) is 4.68 Å². The van der Waals surface area contributed by atoms with Crippen LogP contribution in [0.4, 0.5) is 0 Å². The highest BCUT2D eigenvalue weighted by molar-refractivity contribution is 5.75. The summed E-state index contributed by atoms with van der Waals surface area (Å²) in [5, 5.41) is 16.2. The number of carbonyl (C=O) groups excluding carboxylic acids is 1. The summed E-state index contributed by atoms with van der Waals surface area (Å²) in [4.78, 5) is 24.6. The molecule has 0 radical (unpaired) electrons. The molecule has 1 amide bonds. The van der Waals surface area contributed by atoms with Crippen LogP contribution in [0.25, 0.3) is 0 Å². The molecule has 0 saturated heterocycles.